The van der Waals surface area contributed by atoms with Crippen LogP contribution in [0, 0.1) is 17.8 Å². The molecule has 3 rings (SSSR count). The van der Waals surface area contributed by atoms with Gasteiger partial charge in [-0.15, -0.1) is 10.2 Å². The van der Waals surface area contributed by atoms with Gasteiger partial charge in [0.1, 0.15) is 17.6 Å². The molecule has 6 nitrogen and oxygen atoms in total. The molecule has 0 unspecified atom stereocenters. The van der Waals surface area contributed by atoms with Gasteiger partial charge in [-0.1, -0.05) is 39.0 Å². The number of thioether (sulfide) groups is 1. The average Bonchev–Trinajstić information content (AvgIpc) is 3.15. The van der Waals surface area contributed by atoms with Gasteiger partial charge in [0.25, 0.3) is 5.22 Å². The molecule has 0 radical (unpaired) electrons. The van der Waals surface area contributed by atoms with Crippen molar-refractivity contribution in [1.82, 2.24) is 10.2 Å². The highest BCUT2D eigenvalue weighted by Gasteiger charge is 2.33. The molecule has 1 aromatic heterocycles. The van der Waals surface area contributed by atoms with Crippen LogP contribution < -0.4 is 4.74 Å². The van der Waals surface area contributed by atoms with Gasteiger partial charge in [0.05, 0.1) is 7.11 Å². The van der Waals surface area contributed by atoms with Crippen molar-refractivity contribution in [3.05, 3.63) is 24.3 Å². The molecule has 1 aliphatic rings. The van der Waals surface area contributed by atoms with Crippen molar-refractivity contribution in [3.63, 3.8) is 0 Å². The summed E-state index contributed by atoms with van der Waals surface area (Å²) < 4.78 is 16.6. The number of aromatic nitrogens is 2. The van der Waals surface area contributed by atoms with Gasteiger partial charge in [-0.25, -0.2) is 0 Å². The molecule has 0 amide bonds. The van der Waals surface area contributed by atoms with E-state index in [0.29, 0.717) is 28.9 Å². The fourth-order valence-electron chi connectivity index (χ4n) is 3.69. The highest BCUT2D eigenvalue weighted by atomic mass is 32.2. The van der Waals surface area contributed by atoms with Crippen molar-refractivity contribution in [2.75, 3.05) is 12.9 Å². The Kier molecular flexibility index (Phi) is 6.99. The van der Waals surface area contributed by atoms with E-state index in [1.165, 1.54) is 18.2 Å². The lowest BCUT2D eigenvalue weighted by atomic mass is 9.75. The Hall–Kier alpha value is -2.02. The number of benzene rings is 1. The van der Waals surface area contributed by atoms with Crippen LogP contribution in [0.2, 0.25) is 0 Å². The molecule has 1 saturated carbocycles. The smallest absolute Gasteiger partial charge is 0.316 e. The van der Waals surface area contributed by atoms with Crippen molar-refractivity contribution >= 4 is 17.7 Å². The number of hydrogen-bond donors (Lipinski definition) is 0. The number of methoxy groups -OCH3 is 1. The second-order valence-electron chi connectivity index (χ2n) is 7.74. The summed E-state index contributed by atoms with van der Waals surface area (Å²) in [4.78, 5) is 12.4. The predicted molar refractivity (Wildman–Crippen MR) is 108 cm³/mol. The van der Waals surface area contributed by atoms with E-state index in [2.05, 4.69) is 31.0 Å². The zero-order valence-corrected chi connectivity index (χ0v) is 17.7. The molecule has 3 atom stereocenters. The van der Waals surface area contributed by atoms with Crippen LogP contribution in [-0.4, -0.2) is 35.1 Å². The summed E-state index contributed by atoms with van der Waals surface area (Å²) in [6.45, 7) is 6.63. The molecular weight excluding hydrogens is 376 g/mol. The minimum atomic E-state index is -0.223. The van der Waals surface area contributed by atoms with Crippen molar-refractivity contribution in [2.24, 2.45) is 17.8 Å². The molecule has 0 bridgehead atoms. The summed E-state index contributed by atoms with van der Waals surface area (Å²) in [7, 11) is 1.62. The molecule has 1 heterocycles. The van der Waals surface area contributed by atoms with Crippen LogP contribution >= 0.6 is 11.8 Å². The fraction of sp³-hybridized carbons (Fsp3) is 0.571. The van der Waals surface area contributed by atoms with Gasteiger partial charge in [0.15, 0.2) is 0 Å². The molecule has 0 N–H and O–H groups in total. The molecular formula is C21H28N2O4S. The topological polar surface area (TPSA) is 74.5 Å². The van der Waals surface area contributed by atoms with Gasteiger partial charge < -0.3 is 13.9 Å². The van der Waals surface area contributed by atoms with Crippen molar-refractivity contribution in [3.8, 4) is 17.2 Å². The molecule has 0 saturated heterocycles. The Morgan fingerprint density at radius 1 is 1.25 bits per heavy atom. The minimum Gasteiger partial charge on any atom is -0.497 e. The van der Waals surface area contributed by atoms with Crippen molar-refractivity contribution < 1.29 is 18.7 Å². The van der Waals surface area contributed by atoms with Gasteiger partial charge in [0.2, 0.25) is 5.89 Å². The van der Waals surface area contributed by atoms with E-state index < -0.39 is 0 Å². The van der Waals surface area contributed by atoms with Crippen LogP contribution in [0.25, 0.3) is 11.5 Å². The number of esters is 1. The average molecular weight is 405 g/mol. The maximum Gasteiger partial charge on any atom is 0.316 e. The molecule has 0 aliphatic heterocycles. The lowest BCUT2D eigenvalue weighted by Crippen LogP contribution is -2.36. The first-order valence-electron chi connectivity index (χ1n) is 9.76. The van der Waals surface area contributed by atoms with E-state index in [4.69, 9.17) is 13.9 Å². The molecule has 1 fully saturated rings. The van der Waals surface area contributed by atoms with E-state index in [1.54, 1.807) is 7.11 Å². The highest BCUT2D eigenvalue weighted by Crippen LogP contribution is 2.35. The van der Waals surface area contributed by atoms with Crippen LogP contribution in [0.15, 0.2) is 33.9 Å². The summed E-state index contributed by atoms with van der Waals surface area (Å²) in [6, 6.07) is 7.37. The fourth-order valence-corrected chi connectivity index (χ4v) is 4.24. The van der Waals surface area contributed by atoms with E-state index >= 15 is 0 Å². The second kappa shape index (κ2) is 9.45. The number of rotatable bonds is 7. The molecule has 28 heavy (non-hydrogen) atoms. The number of nitrogens with zero attached hydrogens (tertiary/aromatic N) is 2. The molecule has 7 heteroatoms. The van der Waals surface area contributed by atoms with Gasteiger partial charge in [0, 0.05) is 5.56 Å². The minimum absolute atomic E-state index is 0.00870. The van der Waals surface area contributed by atoms with Gasteiger partial charge >= 0.3 is 5.97 Å². The Bertz CT molecular complexity index is 775. The van der Waals surface area contributed by atoms with Crippen LogP contribution in [0.1, 0.15) is 40.0 Å². The van der Waals surface area contributed by atoms with Crippen LogP contribution in [0.4, 0.5) is 0 Å². The van der Waals surface area contributed by atoms with Crippen molar-refractivity contribution in [1.29, 1.82) is 0 Å². The summed E-state index contributed by atoms with van der Waals surface area (Å²) >= 11 is 1.21. The molecule has 1 aliphatic carbocycles. The molecule has 0 spiro atoms. The third-order valence-electron chi connectivity index (χ3n) is 5.30. The standard InChI is InChI=1S/C21H28N2O4S/c1-13(2)17-10-5-14(3)11-18(17)26-19(24)12-28-21-23-22-20(27-21)15-6-8-16(25-4)9-7-15/h6-9,13-14,17-18H,5,10-12H2,1-4H3/t14-,17+,18-/m1/s1. The zero-order chi connectivity index (χ0) is 20.1. The molecule has 152 valence electrons. The number of hydrogen-bond acceptors (Lipinski definition) is 7. The number of ether oxygens (including phenoxy) is 2. The Morgan fingerprint density at radius 2 is 2.00 bits per heavy atom. The van der Waals surface area contributed by atoms with Crippen LogP contribution in [-0.2, 0) is 9.53 Å². The van der Waals surface area contributed by atoms with E-state index in [-0.39, 0.29) is 17.8 Å². The number of carbonyl (C=O) groups excluding carboxylic acids is 1. The van der Waals surface area contributed by atoms with Gasteiger partial charge in [-0.2, -0.15) is 0 Å². The summed E-state index contributed by atoms with van der Waals surface area (Å²) in [5.74, 6) is 2.68. The predicted octanol–water partition coefficient (Wildman–Crippen LogP) is 4.84. The largest absolute Gasteiger partial charge is 0.497 e. The van der Waals surface area contributed by atoms with Crippen LogP contribution in [0.3, 0.4) is 0 Å². The first kappa shape index (κ1) is 20.7. The second-order valence-corrected chi connectivity index (χ2v) is 8.67. The summed E-state index contributed by atoms with van der Waals surface area (Å²) in [5.41, 5.74) is 0.804. The third kappa shape index (κ3) is 5.28. The molecule has 1 aromatic carbocycles. The lowest BCUT2D eigenvalue weighted by molar-refractivity contribution is -0.152. The van der Waals surface area contributed by atoms with Crippen LogP contribution in [0.5, 0.6) is 5.75 Å². The first-order valence-corrected chi connectivity index (χ1v) is 10.7. The van der Waals surface area contributed by atoms with E-state index in [9.17, 15) is 4.79 Å². The summed E-state index contributed by atoms with van der Waals surface area (Å²) in [6.07, 6.45) is 3.29. The third-order valence-corrected chi connectivity index (χ3v) is 6.09. The Labute approximate surface area is 170 Å². The monoisotopic (exact) mass is 404 g/mol. The van der Waals surface area contributed by atoms with Gasteiger partial charge in [-0.3, -0.25) is 4.79 Å². The SMILES string of the molecule is COc1ccc(-c2nnc(SCC(=O)O[C@@H]3C[C@H](C)CC[C@H]3C(C)C)o2)cc1. The van der Waals surface area contributed by atoms with Gasteiger partial charge in [-0.05, 0) is 54.9 Å². The van der Waals surface area contributed by atoms with E-state index in [0.717, 1.165) is 24.2 Å². The lowest BCUT2D eigenvalue weighted by Gasteiger charge is -2.36. The number of carbonyl (C=O) groups is 1. The maximum atomic E-state index is 12.4. The maximum absolute atomic E-state index is 12.4. The Balaban J connectivity index is 1.53. The highest BCUT2D eigenvalue weighted by molar-refractivity contribution is 7.99. The summed E-state index contributed by atoms with van der Waals surface area (Å²) in [5, 5.41) is 8.43. The van der Waals surface area contributed by atoms with Crippen molar-refractivity contribution in [2.45, 2.75) is 51.4 Å². The quantitative estimate of drug-likeness (QED) is 0.483. The normalized spacial score (nSPS) is 22.2. The first-order chi connectivity index (χ1) is 13.5. The van der Waals surface area contributed by atoms with E-state index in [1.807, 2.05) is 24.3 Å². The molecule has 2 aromatic rings. The Morgan fingerprint density at radius 3 is 2.68 bits per heavy atom. The zero-order valence-electron chi connectivity index (χ0n) is 16.9.